The van der Waals surface area contributed by atoms with E-state index in [1.165, 1.54) is 79.2 Å². The zero-order valence-corrected chi connectivity index (χ0v) is 25.3. The largest absolute Gasteiger partial charge is 0.337 e. The maximum Gasteiger partial charge on any atom is 0.138 e. The zero-order valence-electron chi connectivity index (χ0n) is 23.7. The van der Waals surface area contributed by atoms with E-state index >= 15 is 0 Å². The van der Waals surface area contributed by atoms with E-state index in [-0.39, 0.29) is 0 Å². The Balaban J connectivity index is 1.41. The number of aromatic nitrogens is 2. The lowest BCUT2D eigenvalue weighted by Crippen LogP contribution is -1.85. The minimum atomic E-state index is 0.918. The van der Waals surface area contributed by atoms with E-state index in [4.69, 9.17) is 4.98 Å². The van der Waals surface area contributed by atoms with E-state index in [1.54, 1.807) is 0 Å². The highest BCUT2D eigenvalue weighted by molar-refractivity contribution is 7.14. The third kappa shape index (κ3) is 5.00. The molecule has 3 heterocycles. The Morgan fingerprint density at radius 3 is 1.80 bits per heavy atom. The number of hydrogen-bond donors (Lipinski definition) is 1. The fraction of sp³-hybridized carbons (Fsp3) is 0.216. The third-order valence-electron chi connectivity index (χ3n) is 8.12. The number of hydrogen-bond acceptors (Lipinski definition) is 3. The van der Waals surface area contributed by atoms with Gasteiger partial charge in [-0.3, -0.25) is 0 Å². The van der Waals surface area contributed by atoms with Crippen LogP contribution in [0.4, 0.5) is 0 Å². The van der Waals surface area contributed by atoms with Gasteiger partial charge in [0.1, 0.15) is 5.82 Å². The normalized spacial score (nSPS) is 11.8. The van der Waals surface area contributed by atoms with Gasteiger partial charge in [-0.25, -0.2) is 4.98 Å². The number of unbranched alkanes of at least 4 members (excludes halogenated alkanes) is 2. The molecule has 0 saturated heterocycles. The third-order valence-corrected chi connectivity index (χ3v) is 10.2. The van der Waals surface area contributed by atoms with Gasteiger partial charge in [-0.2, -0.15) is 0 Å². The number of thiophene rings is 2. The molecule has 0 radical (unpaired) electrons. The molecule has 0 unspecified atom stereocenters. The molecule has 4 aromatic carbocycles. The lowest BCUT2D eigenvalue weighted by Gasteiger charge is -2.10. The van der Waals surface area contributed by atoms with Crippen molar-refractivity contribution in [3.8, 4) is 32.3 Å². The molecule has 41 heavy (non-hydrogen) atoms. The number of aromatic amines is 1. The Labute approximate surface area is 249 Å². The van der Waals surface area contributed by atoms with Gasteiger partial charge in [-0.05, 0) is 93.7 Å². The van der Waals surface area contributed by atoms with Crippen molar-refractivity contribution < 1.29 is 0 Å². The summed E-state index contributed by atoms with van der Waals surface area (Å²) in [5.41, 5.74) is 8.70. The van der Waals surface area contributed by atoms with Crippen molar-refractivity contribution in [1.29, 1.82) is 0 Å². The van der Waals surface area contributed by atoms with Crippen LogP contribution in [-0.4, -0.2) is 9.97 Å². The number of nitrogens with one attached hydrogen (secondary N) is 1. The first-order chi connectivity index (χ1) is 20.2. The molecule has 4 heteroatoms. The summed E-state index contributed by atoms with van der Waals surface area (Å²) in [4.78, 5) is 11.6. The number of imidazole rings is 1. The summed E-state index contributed by atoms with van der Waals surface area (Å²) in [5.74, 6) is 0.918. The van der Waals surface area contributed by atoms with E-state index in [2.05, 4.69) is 108 Å². The van der Waals surface area contributed by atoms with Gasteiger partial charge in [0.05, 0.1) is 11.0 Å². The van der Waals surface area contributed by atoms with Gasteiger partial charge in [-0.15, -0.1) is 22.7 Å². The summed E-state index contributed by atoms with van der Waals surface area (Å²) in [6.45, 7) is 4.52. The van der Waals surface area contributed by atoms with E-state index in [9.17, 15) is 0 Å². The van der Waals surface area contributed by atoms with Gasteiger partial charge in [0.25, 0.3) is 0 Å². The Morgan fingerprint density at radius 1 is 0.610 bits per heavy atom. The standard InChI is InChI=1S/C37H34N2S2/c1-3-5-10-24-18-33(40-22-24)27-14-16-29-30-17-15-28(34-19-25(23-41-34)11-6-4-2)21-32(30)36-35(31(29)20-27)38-37(39-36)26-12-8-7-9-13-26/h7-9,12-23H,3-6,10-11H2,1-2H3,(H,38,39). The molecule has 204 valence electrons. The van der Waals surface area contributed by atoms with Crippen molar-refractivity contribution in [2.24, 2.45) is 0 Å². The van der Waals surface area contributed by atoms with E-state index in [0.717, 1.165) is 35.3 Å². The number of rotatable bonds is 9. The molecule has 0 spiro atoms. The second-order valence-electron chi connectivity index (χ2n) is 11.0. The van der Waals surface area contributed by atoms with Gasteiger partial charge in [0, 0.05) is 26.1 Å². The van der Waals surface area contributed by atoms with Crippen LogP contribution in [-0.2, 0) is 12.8 Å². The summed E-state index contributed by atoms with van der Waals surface area (Å²) >= 11 is 3.71. The number of fused-ring (bicyclic) bond motifs is 6. The lowest BCUT2D eigenvalue weighted by molar-refractivity contribution is 0.797. The summed E-state index contributed by atoms with van der Waals surface area (Å²) in [5, 5.41) is 9.61. The van der Waals surface area contributed by atoms with E-state index in [0.29, 0.717) is 0 Å². The van der Waals surface area contributed by atoms with E-state index in [1.807, 2.05) is 22.7 Å². The maximum absolute atomic E-state index is 5.23. The van der Waals surface area contributed by atoms with Crippen molar-refractivity contribution in [3.05, 3.63) is 101 Å². The van der Waals surface area contributed by atoms with Gasteiger partial charge in [0.15, 0.2) is 0 Å². The molecule has 0 fully saturated rings. The molecule has 0 bridgehead atoms. The molecule has 0 aliphatic rings. The maximum atomic E-state index is 5.23. The average Bonchev–Trinajstić information content (AvgIpc) is 3.79. The Bertz CT molecular complexity index is 1850. The minimum Gasteiger partial charge on any atom is -0.337 e. The number of H-pyrrole nitrogens is 1. The first-order valence-corrected chi connectivity index (χ1v) is 16.6. The minimum absolute atomic E-state index is 0.918. The first kappa shape index (κ1) is 26.2. The van der Waals surface area contributed by atoms with Gasteiger partial charge in [0.2, 0.25) is 0 Å². The first-order valence-electron chi connectivity index (χ1n) is 14.8. The van der Waals surface area contributed by atoms with Crippen LogP contribution in [0.2, 0.25) is 0 Å². The molecule has 2 nitrogen and oxygen atoms in total. The summed E-state index contributed by atoms with van der Waals surface area (Å²) in [6, 6.07) is 29.2. The fourth-order valence-corrected chi connectivity index (χ4v) is 7.73. The summed E-state index contributed by atoms with van der Waals surface area (Å²) in [7, 11) is 0. The molecule has 0 amide bonds. The van der Waals surface area contributed by atoms with Crippen molar-refractivity contribution in [3.63, 3.8) is 0 Å². The Hall–Kier alpha value is -3.73. The molecule has 0 aliphatic carbocycles. The topological polar surface area (TPSA) is 28.7 Å². The predicted molar refractivity (Wildman–Crippen MR) is 180 cm³/mol. The van der Waals surface area contributed by atoms with Crippen LogP contribution in [0.15, 0.2) is 89.6 Å². The van der Waals surface area contributed by atoms with Crippen molar-refractivity contribution in [1.82, 2.24) is 9.97 Å². The number of nitrogens with zero attached hydrogens (tertiary/aromatic N) is 1. The molecular weight excluding hydrogens is 537 g/mol. The lowest BCUT2D eigenvalue weighted by atomic mass is 9.96. The quantitative estimate of drug-likeness (QED) is 0.172. The number of aryl methyl sites for hydroxylation is 2. The van der Waals surface area contributed by atoms with Crippen LogP contribution in [0.1, 0.15) is 50.7 Å². The molecule has 1 N–H and O–H groups in total. The highest BCUT2D eigenvalue weighted by atomic mass is 32.1. The summed E-state index contributed by atoms with van der Waals surface area (Å²) < 4.78 is 0. The molecule has 3 aromatic heterocycles. The van der Waals surface area contributed by atoms with Crippen LogP contribution in [0.3, 0.4) is 0 Å². The highest BCUT2D eigenvalue weighted by Gasteiger charge is 2.16. The SMILES string of the molecule is CCCCc1csc(-c2ccc3c4ccc(-c5cc(CCCC)cs5)cc4c4[nH]c(-c5ccccc5)nc4c3c2)c1. The molecular formula is C37H34N2S2. The Kier molecular flexibility index (Phi) is 7.20. The second-order valence-corrected chi connectivity index (χ2v) is 12.9. The van der Waals surface area contributed by atoms with Gasteiger partial charge < -0.3 is 4.98 Å². The molecule has 7 aromatic rings. The summed E-state index contributed by atoms with van der Waals surface area (Å²) in [6.07, 6.45) is 7.24. The highest BCUT2D eigenvalue weighted by Crippen LogP contribution is 2.40. The van der Waals surface area contributed by atoms with Gasteiger partial charge >= 0.3 is 0 Å². The predicted octanol–water partition coefficient (Wildman–Crippen LogP) is 11.7. The fourth-order valence-electron chi connectivity index (χ4n) is 5.84. The zero-order chi connectivity index (χ0) is 27.8. The van der Waals surface area contributed by atoms with Crippen molar-refractivity contribution in [2.75, 3.05) is 0 Å². The average molecular weight is 571 g/mol. The van der Waals surface area contributed by atoms with Crippen molar-refractivity contribution in [2.45, 2.75) is 52.4 Å². The molecule has 0 atom stereocenters. The van der Waals surface area contributed by atoms with Crippen molar-refractivity contribution >= 4 is 55.3 Å². The van der Waals surface area contributed by atoms with Crippen LogP contribution in [0, 0.1) is 0 Å². The van der Waals surface area contributed by atoms with Gasteiger partial charge in [-0.1, -0.05) is 81.3 Å². The Morgan fingerprint density at radius 2 is 1.20 bits per heavy atom. The molecule has 0 aliphatic heterocycles. The van der Waals surface area contributed by atoms with E-state index < -0.39 is 0 Å². The van der Waals surface area contributed by atoms with Crippen LogP contribution in [0.25, 0.3) is 64.8 Å². The van der Waals surface area contributed by atoms with Crippen LogP contribution in [0.5, 0.6) is 0 Å². The molecule has 7 rings (SSSR count). The second kappa shape index (κ2) is 11.3. The van der Waals surface area contributed by atoms with Crippen LogP contribution < -0.4 is 0 Å². The van der Waals surface area contributed by atoms with Crippen LogP contribution >= 0.6 is 22.7 Å². The number of benzene rings is 4. The smallest absolute Gasteiger partial charge is 0.138 e. The monoisotopic (exact) mass is 570 g/mol. The molecule has 0 saturated carbocycles.